The molecule has 27 heavy (non-hydrogen) atoms. The summed E-state index contributed by atoms with van der Waals surface area (Å²) < 4.78 is 18.9. The van der Waals surface area contributed by atoms with Gasteiger partial charge in [-0.3, -0.25) is 9.36 Å². The van der Waals surface area contributed by atoms with E-state index in [1.807, 2.05) is 23.1 Å². The lowest BCUT2D eigenvalue weighted by molar-refractivity contribution is 0.343. The van der Waals surface area contributed by atoms with E-state index in [0.717, 1.165) is 68.3 Å². The number of nitrogens with one attached hydrogen (secondary N) is 2. The number of halogens is 1. The number of hydrogen-bond acceptors (Lipinski definition) is 4. The fourth-order valence-corrected chi connectivity index (χ4v) is 4.46. The summed E-state index contributed by atoms with van der Waals surface area (Å²) >= 11 is 0. The number of nitrogens with zero attached hydrogens (tertiary/aromatic N) is 4. The van der Waals surface area contributed by atoms with Crippen LogP contribution in [0.2, 0.25) is 0 Å². The predicted octanol–water partition coefficient (Wildman–Crippen LogP) is 2.89. The molecule has 6 nitrogen and oxygen atoms in total. The second-order valence-electron chi connectivity index (χ2n) is 7.63. The number of benzene rings is 1. The van der Waals surface area contributed by atoms with Crippen molar-refractivity contribution in [3.8, 4) is 11.1 Å². The maximum atomic E-state index is 14.8. The van der Waals surface area contributed by atoms with Crippen molar-refractivity contribution in [1.82, 2.24) is 30.2 Å². The van der Waals surface area contributed by atoms with Crippen LogP contribution in [0.15, 0.2) is 30.7 Å². The van der Waals surface area contributed by atoms with Crippen molar-refractivity contribution in [1.29, 1.82) is 0 Å². The molecule has 2 N–H and O–H groups in total. The molecule has 2 fully saturated rings. The molecule has 4 heterocycles. The lowest BCUT2D eigenvalue weighted by Crippen LogP contribution is -2.32. The molecule has 0 bridgehead atoms. The Balaban J connectivity index is 1.54. The van der Waals surface area contributed by atoms with Crippen LogP contribution in [0.1, 0.15) is 37.8 Å². The fraction of sp³-hybridized carbons (Fsp3) is 0.500. The Morgan fingerprint density at radius 2 is 1.85 bits per heavy atom. The van der Waals surface area contributed by atoms with E-state index in [9.17, 15) is 4.39 Å². The second-order valence-corrected chi connectivity index (χ2v) is 7.63. The van der Waals surface area contributed by atoms with Crippen LogP contribution in [0, 0.1) is 5.82 Å². The normalized spacial score (nSPS) is 21.7. The van der Waals surface area contributed by atoms with Gasteiger partial charge in [-0.25, -0.2) is 4.39 Å². The highest BCUT2D eigenvalue weighted by atomic mass is 19.1. The van der Waals surface area contributed by atoms with Crippen LogP contribution in [0.4, 0.5) is 4.39 Å². The summed E-state index contributed by atoms with van der Waals surface area (Å²) in [5, 5.41) is 16.8. The molecular formula is C20H25FN6. The molecule has 2 aliphatic rings. The highest BCUT2D eigenvalue weighted by Crippen LogP contribution is 2.34. The van der Waals surface area contributed by atoms with Gasteiger partial charge in [-0.05, 0) is 57.5 Å². The van der Waals surface area contributed by atoms with Gasteiger partial charge >= 0.3 is 0 Å². The van der Waals surface area contributed by atoms with Crippen LogP contribution in [0.5, 0.6) is 0 Å². The maximum Gasteiger partial charge on any atom is 0.131 e. The maximum absolute atomic E-state index is 14.8. The van der Waals surface area contributed by atoms with E-state index in [4.69, 9.17) is 0 Å². The van der Waals surface area contributed by atoms with Crippen LogP contribution < -0.4 is 10.6 Å². The van der Waals surface area contributed by atoms with Crippen molar-refractivity contribution in [2.24, 2.45) is 0 Å². The third-order valence-corrected chi connectivity index (χ3v) is 5.92. The second kappa shape index (κ2) is 7.05. The molecule has 0 saturated carbocycles. The van der Waals surface area contributed by atoms with Crippen LogP contribution >= 0.6 is 0 Å². The zero-order chi connectivity index (χ0) is 18.2. The lowest BCUT2D eigenvalue weighted by atomic mass is 10.0. The zero-order valence-corrected chi connectivity index (χ0v) is 15.4. The minimum Gasteiger partial charge on any atom is -0.317 e. The first-order chi connectivity index (χ1) is 13.3. The molecule has 0 amide bonds. The van der Waals surface area contributed by atoms with Crippen LogP contribution in [0.25, 0.3) is 22.0 Å². The molecule has 1 unspecified atom stereocenters. The molecule has 3 aromatic rings. The van der Waals surface area contributed by atoms with E-state index in [-0.39, 0.29) is 5.82 Å². The first kappa shape index (κ1) is 16.9. The van der Waals surface area contributed by atoms with Crippen LogP contribution in [0.3, 0.4) is 0 Å². The fourth-order valence-electron chi connectivity index (χ4n) is 4.46. The van der Waals surface area contributed by atoms with Gasteiger partial charge in [0.25, 0.3) is 0 Å². The average Bonchev–Trinajstić information content (AvgIpc) is 3.37. The average molecular weight is 368 g/mol. The molecule has 1 aromatic carbocycles. The molecule has 2 saturated heterocycles. The van der Waals surface area contributed by atoms with Crippen molar-refractivity contribution >= 4 is 10.9 Å². The third kappa shape index (κ3) is 3.04. The van der Waals surface area contributed by atoms with E-state index < -0.39 is 0 Å². The Kier molecular flexibility index (Phi) is 4.41. The monoisotopic (exact) mass is 368 g/mol. The van der Waals surface area contributed by atoms with E-state index in [1.54, 1.807) is 12.3 Å². The minimum absolute atomic E-state index is 0.214. The summed E-state index contributed by atoms with van der Waals surface area (Å²) in [4.78, 5) is 0. The molecular weight excluding hydrogens is 343 g/mol. The van der Waals surface area contributed by atoms with Crippen LogP contribution in [-0.2, 0) is 0 Å². The van der Waals surface area contributed by atoms with E-state index in [0.29, 0.717) is 17.6 Å². The Morgan fingerprint density at radius 3 is 2.67 bits per heavy atom. The molecule has 2 aromatic heterocycles. The van der Waals surface area contributed by atoms with Crippen molar-refractivity contribution in [3.05, 3.63) is 36.5 Å². The van der Waals surface area contributed by atoms with Gasteiger partial charge in [-0.2, -0.15) is 10.2 Å². The minimum atomic E-state index is -0.214. The molecule has 0 spiro atoms. The summed E-state index contributed by atoms with van der Waals surface area (Å²) in [6.45, 7) is 3.99. The molecule has 1 atom stereocenters. The van der Waals surface area contributed by atoms with Gasteiger partial charge in [0, 0.05) is 29.3 Å². The van der Waals surface area contributed by atoms with Crippen molar-refractivity contribution < 1.29 is 4.39 Å². The molecule has 2 aliphatic heterocycles. The van der Waals surface area contributed by atoms with Gasteiger partial charge in [0.2, 0.25) is 0 Å². The van der Waals surface area contributed by atoms with Gasteiger partial charge in [0.1, 0.15) is 5.82 Å². The van der Waals surface area contributed by atoms with Gasteiger partial charge in [-0.1, -0.05) is 0 Å². The SMILES string of the molecule is Fc1ccc2c(cnn2C2CCCNC2)c1-c1cnn(C2CCNCC2)c1. The summed E-state index contributed by atoms with van der Waals surface area (Å²) in [5.74, 6) is -0.214. The highest BCUT2D eigenvalue weighted by molar-refractivity contribution is 5.94. The number of aromatic nitrogens is 4. The topological polar surface area (TPSA) is 59.7 Å². The summed E-state index contributed by atoms with van der Waals surface area (Å²) in [5.41, 5.74) is 2.44. The first-order valence-electron chi connectivity index (χ1n) is 9.93. The van der Waals surface area contributed by atoms with Crippen molar-refractivity contribution in [2.45, 2.75) is 37.8 Å². The lowest BCUT2D eigenvalue weighted by Gasteiger charge is -2.23. The molecule has 142 valence electrons. The summed E-state index contributed by atoms with van der Waals surface area (Å²) in [6.07, 6.45) is 9.95. The molecule has 0 radical (unpaired) electrons. The third-order valence-electron chi connectivity index (χ3n) is 5.92. The number of rotatable bonds is 3. The van der Waals surface area contributed by atoms with E-state index in [2.05, 4.69) is 25.5 Å². The predicted molar refractivity (Wildman–Crippen MR) is 103 cm³/mol. The summed E-state index contributed by atoms with van der Waals surface area (Å²) in [7, 11) is 0. The quantitative estimate of drug-likeness (QED) is 0.746. The Bertz CT molecular complexity index is 933. The van der Waals surface area contributed by atoms with Crippen LogP contribution in [-0.4, -0.2) is 45.7 Å². The van der Waals surface area contributed by atoms with Crippen molar-refractivity contribution in [2.75, 3.05) is 26.2 Å². The highest BCUT2D eigenvalue weighted by Gasteiger charge is 2.22. The zero-order valence-electron chi connectivity index (χ0n) is 15.4. The Hall–Kier alpha value is -2.25. The Morgan fingerprint density at radius 1 is 0.963 bits per heavy atom. The van der Waals surface area contributed by atoms with Gasteiger partial charge in [0.05, 0.1) is 30.0 Å². The van der Waals surface area contributed by atoms with Crippen molar-refractivity contribution in [3.63, 3.8) is 0 Å². The van der Waals surface area contributed by atoms with E-state index in [1.165, 1.54) is 0 Å². The standard InChI is InChI=1S/C20H25FN6/c21-18-3-4-19-17(12-25-27(19)16-2-1-7-23-11-16)20(18)14-10-24-26(13-14)15-5-8-22-9-6-15/h3-4,10,12-13,15-16,22-23H,1-2,5-9,11H2. The molecule has 5 rings (SSSR count). The van der Waals surface area contributed by atoms with Gasteiger partial charge in [0.15, 0.2) is 0 Å². The van der Waals surface area contributed by atoms with E-state index >= 15 is 0 Å². The molecule has 7 heteroatoms. The number of fused-ring (bicyclic) bond motifs is 1. The first-order valence-corrected chi connectivity index (χ1v) is 9.93. The number of piperidine rings is 2. The molecule has 0 aliphatic carbocycles. The largest absolute Gasteiger partial charge is 0.317 e. The smallest absolute Gasteiger partial charge is 0.131 e. The summed E-state index contributed by atoms with van der Waals surface area (Å²) in [6, 6.07) is 4.13. The van der Waals surface area contributed by atoms with Gasteiger partial charge < -0.3 is 10.6 Å². The van der Waals surface area contributed by atoms with Gasteiger partial charge in [-0.15, -0.1) is 0 Å². The Labute approximate surface area is 157 Å². The number of hydrogen-bond donors (Lipinski definition) is 2.